The number of carbonyl (C=O) groups excluding carboxylic acids is 1. The zero-order chi connectivity index (χ0) is 15.1. The molecule has 1 aliphatic rings. The maximum atomic E-state index is 11.8. The molecule has 1 unspecified atom stereocenters. The molecule has 1 saturated carbocycles. The Kier molecular flexibility index (Phi) is 7.52. The standard InChI is InChI=1S/C16H32N2O2/c1-12(2)10-18(11-13(3)4)9-8-15(16(19)20-5)17-14-6-7-14/h12-15,17H,6-11H2,1-5H3. The van der Waals surface area contributed by atoms with Crippen LogP contribution >= 0.6 is 0 Å². The second-order valence-corrected chi connectivity index (χ2v) is 6.85. The van der Waals surface area contributed by atoms with Gasteiger partial charge >= 0.3 is 5.97 Å². The first-order chi connectivity index (χ1) is 9.42. The van der Waals surface area contributed by atoms with Gasteiger partial charge in [-0.3, -0.25) is 4.79 Å². The van der Waals surface area contributed by atoms with Crippen LogP contribution in [0.15, 0.2) is 0 Å². The van der Waals surface area contributed by atoms with Crippen molar-refractivity contribution in [3.8, 4) is 0 Å². The molecule has 0 aromatic rings. The van der Waals surface area contributed by atoms with Crippen molar-refractivity contribution in [3.05, 3.63) is 0 Å². The molecule has 0 aliphatic heterocycles. The SMILES string of the molecule is COC(=O)C(CCN(CC(C)C)CC(C)C)NC1CC1. The molecular formula is C16H32N2O2. The quantitative estimate of drug-likeness (QED) is 0.625. The first kappa shape index (κ1) is 17.4. The van der Waals surface area contributed by atoms with Gasteiger partial charge in [0.1, 0.15) is 6.04 Å². The zero-order valence-corrected chi connectivity index (χ0v) is 13.8. The number of methoxy groups -OCH3 is 1. The van der Waals surface area contributed by atoms with Crippen LogP contribution in [-0.4, -0.2) is 49.7 Å². The predicted molar refractivity (Wildman–Crippen MR) is 82.7 cm³/mol. The van der Waals surface area contributed by atoms with Gasteiger partial charge in [0.25, 0.3) is 0 Å². The molecule has 20 heavy (non-hydrogen) atoms. The van der Waals surface area contributed by atoms with Gasteiger partial charge in [-0.2, -0.15) is 0 Å². The molecule has 4 nitrogen and oxygen atoms in total. The summed E-state index contributed by atoms with van der Waals surface area (Å²) >= 11 is 0. The van der Waals surface area contributed by atoms with Crippen molar-refractivity contribution in [2.45, 2.75) is 59.0 Å². The summed E-state index contributed by atoms with van der Waals surface area (Å²) in [4.78, 5) is 14.3. The Morgan fingerprint density at radius 1 is 1.20 bits per heavy atom. The largest absolute Gasteiger partial charge is 0.468 e. The third kappa shape index (κ3) is 7.25. The summed E-state index contributed by atoms with van der Waals surface area (Å²) in [7, 11) is 1.48. The van der Waals surface area contributed by atoms with Gasteiger partial charge in [0.05, 0.1) is 7.11 Å². The average Bonchev–Trinajstić information content (AvgIpc) is 3.15. The molecule has 1 atom stereocenters. The summed E-state index contributed by atoms with van der Waals surface area (Å²) in [5.41, 5.74) is 0. The lowest BCUT2D eigenvalue weighted by atomic mass is 10.1. The van der Waals surface area contributed by atoms with E-state index < -0.39 is 0 Å². The van der Waals surface area contributed by atoms with E-state index in [0.29, 0.717) is 17.9 Å². The predicted octanol–water partition coefficient (Wildman–Crippen LogP) is 2.28. The third-order valence-electron chi connectivity index (χ3n) is 3.48. The minimum atomic E-state index is -0.144. The van der Waals surface area contributed by atoms with E-state index in [1.54, 1.807) is 0 Å². The average molecular weight is 284 g/mol. The highest BCUT2D eigenvalue weighted by atomic mass is 16.5. The fourth-order valence-corrected chi connectivity index (χ4v) is 2.55. The van der Waals surface area contributed by atoms with Crippen molar-refractivity contribution in [1.29, 1.82) is 0 Å². The summed E-state index contributed by atoms with van der Waals surface area (Å²) in [6.07, 6.45) is 3.22. The molecule has 0 amide bonds. The van der Waals surface area contributed by atoms with Crippen LogP contribution < -0.4 is 5.32 Å². The minimum absolute atomic E-state index is 0.119. The van der Waals surface area contributed by atoms with Gasteiger partial charge in [0.15, 0.2) is 0 Å². The molecule has 1 fully saturated rings. The number of ether oxygens (including phenoxy) is 1. The van der Waals surface area contributed by atoms with Crippen molar-refractivity contribution < 1.29 is 9.53 Å². The molecule has 0 bridgehead atoms. The molecule has 1 N–H and O–H groups in total. The Morgan fingerprint density at radius 3 is 2.15 bits per heavy atom. The number of rotatable bonds is 10. The molecule has 1 rings (SSSR count). The van der Waals surface area contributed by atoms with Crippen LogP contribution in [0.1, 0.15) is 47.0 Å². The molecule has 1 aliphatic carbocycles. The van der Waals surface area contributed by atoms with Crippen LogP contribution in [0.25, 0.3) is 0 Å². The van der Waals surface area contributed by atoms with Crippen molar-refractivity contribution >= 4 is 5.97 Å². The van der Waals surface area contributed by atoms with Crippen LogP contribution in [0.5, 0.6) is 0 Å². The Hall–Kier alpha value is -0.610. The second-order valence-electron chi connectivity index (χ2n) is 6.85. The van der Waals surface area contributed by atoms with E-state index in [-0.39, 0.29) is 12.0 Å². The lowest BCUT2D eigenvalue weighted by Gasteiger charge is -2.27. The summed E-state index contributed by atoms with van der Waals surface area (Å²) in [5.74, 6) is 1.19. The van der Waals surface area contributed by atoms with Crippen molar-refractivity contribution in [1.82, 2.24) is 10.2 Å². The first-order valence-electron chi connectivity index (χ1n) is 7.98. The third-order valence-corrected chi connectivity index (χ3v) is 3.48. The number of carbonyl (C=O) groups is 1. The maximum Gasteiger partial charge on any atom is 0.322 e. The molecule has 4 heteroatoms. The van der Waals surface area contributed by atoms with E-state index in [9.17, 15) is 4.79 Å². The van der Waals surface area contributed by atoms with Gasteiger partial charge in [-0.25, -0.2) is 0 Å². The molecule has 0 saturated heterocycles. The number of esters is 1. The van der Waals surface area contributed by atoms with Crippen LogP contribution in [0.4, 0.5) is 0 Å². The van der Waals surface area contributed by atoms with Crippen molar-refractivity contribution in [3.63, 3.8) is 0 Å². The summed E-state index contributed by atoms with van der Waals surface area (Å²) in [6, 6.07) is 0.386. The summed E-state index contributed by atoms with van der Waals surface area (Å²) in [6.45, 7) is 12.1. The fraction of sp³-hybridized carbons (Fsp3) is 0.938. The summed E-state index contributed by atoms with van der Waals surface area (Å²) in [5, 5.41) is 3.40. The fourth-order valence-electron chi connectivity index (χ4n) is 2.55. The Labute approximate surface area is 124 Å². The molecule has 0 aromatic carbocycles. The van der Waals surface area contributed by atoms with Gasteiger partial charge in [-0.1, -0.05) is 27.7 Å². The molecular weight excluding hydrogens is 252 g/mol. The van der Waals surface area contributed by atoms with Gasteiger partial charge in [0.2, 0.25) is 0 Å². The number of hydrogen-bond acceptors (Lipinski definition) is 4. The Bertz CT molecular complexity index is 278. The van der Waals surface area contributed by atoms with Crippen LogP contribution in [0.2, 0.25) is 0 Å². The van der Waals surface area contributed by atoms with Crippen LogP contribution in [-0.2, 0) is 9.53 Å². The van der Waals surface area contributed by atoms with E-state index in [1.807, 2.05) is 0 Å². The second kappa shape index (κ2) is 8.63. The van der Waals surface area contributed by atoms with Gasteiger partial charge < -0.3 is 15.0 Å². The smallest absolute Gasteiger partial charge is 0.322 e. The molecule has 0 heterocycles. The maximum absolute atomic E-state index is 11.8. The highest BCUT2D eigenvalue weighted by Gasteiger charge is 2.29. The van der Waals surface area contributed by atoms with E-state index in [2.05, 4.69) is 37.9 Å². The topological polar surface area (TPSA) is 41.6 Å². The molecule has 0 radical (unpaired) electrons. The lowest BCUT2D eigenvalue weighted by molar-refractivity contribution is -0.143. The highest BCUT2D eigenvalue weighted by Crippen LogP contribution is 2.20. The summed E-state index contributed by atoms with van der Waals surface area (Å²) < 4.78 is 4.92. The zero-order valence-electron chi connectivity index (χ0n) is 13.8. The van der Waals surface area contributed by atoms with E-state index >= 15 is 0 Å². The molecule has 0 spiro atoms. The van der Waals surface area contributed by atoms with Crippen molar-refractivity contribution in [2.24, 2.45) is 11.8 Å². The lowest BCUT2D eigenvalue weighted by Crippen LogP contribution is -2.42. The van der Waals surface area contributed by atoms with Gasteiger partial charge in [0, 0.05) is 25.7 Å². The molecule has 0 aromatic heterocycles. The first-order valence-corrected chi connectivity index (χ1v) is 7.98. The van der Waals surface area contributed by atoms with E-state index in [4.69, 9.17) is 4.74 Å². The number of nitrogens with zero attached hydrogens (tertiary/aromatic N) is 1. The van der Waals surface area contributed by atoms with Gasteiger partial charge in [-0.05, 0) is 31.1 Å². The number of nitrogens with one attached hydrogen (secondary N) is 1. The Morgan fingerprint density at radius 2 is 1.75 bits per heavy atom. The number of hydrogen-bond donors (Lipinski definition) is 1. The van der Waals surface area contributed by atoms with E-state index in [0.717, 1.165) is 26.1 Å². The van der Waals surface area contributed by atoms with Crippen LogP contribution in [0.3, 0.4) is 0 Å². The monoisotopic (exact) mass is 284 g/mol. The van der Waals surface area contributed by atoms with Gasteiger partial charge in [-0.15, -0.1) is 0 Å². The van der Waals surface area contributed by atoms with Crippen LogP contribution in [0, 0.1) is 11.8 Å². The Balaban J connectivity index is 2.45. The van der Waals surface area contributed by atoms with Crippen molar-refractivity contribution in [2.75, 3.05) is 26.7 Å². The molecule has 118 valence electrons. The highest BCUT2D eigenvalue weighted by molar-refractivity contribution is 5.75. The van der Waals surface area contributed by atoms with E-state index in [1.165, 1.54) is 20.0 Å². The normalized spacial score (nSPS) is 17.0. The minimum Gasteiger partial charge on any atom is -0.468 e.